The molecular weight excluding hydrogens is 180 g/mol. The highest BCUT2D eigenvalue weighted by Gasteiger charge is 1.94. The van der Waals surface area contributed by atoms with Crippen LogP contribution in [0.4, 0.5) is 0 Å². The lowest BCUT2D eigenvalue weighted by Crippen LogP contribution is -1.89. The van der Waals surface area contributed by atoms with Gasteiger partial charge in [0.05, 0.1) is 6.33 Å². The van der Waals surface area contributed by atoms with Gasteiger partial charge in [-0.05, 0) is 17.7 Å². The van der Waals surface area contributed by atoms with Crippen molar-refractivity contribution in [2.75, 3.05) is 0 Å². The summed E-state index contributed by atoms with van der Waals surface area (Å²) in [7, 11) is 0. The first-order valence-corrected chi connectivity index (χ1v) is 4.71. The van der Waals surface area contributed by atoms with E-state index in [1.165, 1.54) is 5.56 Å². The molecule has 0 amide bonds. The molecule has 13 heavy (non-hydrogen) atoms. The number of benzene rings is 1. The lowest BCUT2D eigenvalue weighted by molar-refractivity contribution is 1.05. The molecule has 0 aliphatic carbocycles. The minimum Gasteiger partial charge on any atom is -0.306 e. The zero-order chi connectivity index (χ0) is 9.10. The van der Waals surface area contributed by atoms with Gasteiger partial charge in [-0.3, -0.25) is 0 Å². The maximum absolute atomic E-state index is 4.20. The Morgan fingerprint density at radius 1 is 1.23 bits per heavy atom. The van der Waals surface area contributed by atoms with Crippen molar-refractivity contribution in [3.63, 3.8) is 0 Å². The maximum atomic E-state index is 4.20. The Morgan fingerprint density at radius 2 is 2.00 bits per heavy atom. The first kappa shape index (κ1) is 8.38. The zero-order valence-corrected chi connectivity index (χ0v) is 7.98. The van der Waals surface area contributed by atoms with Gasteiger partial charge in [0, 0.05) is 23.8 Å². The van der Waals surface area contributed by atoms with Crippen LogP contribution in [0.1, 0.15) is 5.56 Å². The highest BCUT2D eigenvalue weighted by atomic mass is 32.1. The summed E-state index contributed by atoms with van der Waals surface area (Å²) in [5.41, 5.74) is 2.36. The van der Waals surface area contributed by atoms with E-state index in [0.29, 0.717) is 0 Å². The first-order chi connectivity index (χ1) is 6.40. The molecule has 0 N–H and O–H groups in total. The predicted molar refractivity (Wildman–Crippen MR) is 56.3 cm³/mol. The SMILES string of the molecule is SCc1ccc(-n2ccnc2)cc1. The van der Waals surface area contributed by atoms with Gasteiger partial charge < -0.3 is 4.57 Å². The molecule has 0 spiro atoms. The van der Waals surface area contributed by atoms with Crippen LogP contribution >= 0.6 is 12.6 Å². The second kappa shape index (κ2) is 3.66. The topological polar surface area (TPSA) is 17.8 Å². The molecule has 2 rings (SSSR count). The lowest BCUT2D eigenvalue weighted by atomic mass is 10.2. The van der Waals surface area contributed by atoms with E-state index in [4.69, 9.17) is 0 Å². The first-order valence-electron chi connectivity index (χ1n) is 4.08. The van der Waals surface area contributed by atoms with E-state index >= 15 is 0 Å². The third-order valence-corrected chi connectivity index (χ3v) is 2.29. The molecule has 0 unspecified atom stereocenters. The summed E-state index contributed by atoms with van der Waals surface area (Å²) < 4.78 is 1.97. The number of nitrogens with zero attached hydrogens (tertiary/aromatic N) is 2. The molecule has 3 heteroatoms. The summed E-state index contributed by atoms with van der Waals surface area (Å²) >= 11 is 4.20. The summed E-state index contributed by atoms with van der Waals surface area (Å²) in [6.07, 6.45) is 5.48. The van der Waals surface area contributed by atoms with Crippen molar-refractivity contribution in [2.45, 2.75) is 5.75 Å². The van der Waals surface area contributed by atoms with Gasteiger partial charge in [-0.1, -0.05) is 12.1 Å². The average Bonchev–Trinajstić information content (AvgIpc) is 2.71. The molecular formula is C10H10N2S. The van der Waals surface area contributed by atoms with E-state index in [-0.39, 0.29) is 0 Å². The van der Waals surface area contributed by atoms with Gasteiger partial charge in [0.25, 0.3) is 0 Å². The molecule has 1 aromatic carbocycles. The van der Waals surface area contributed by atoms with E-state index in [2.05, 4.69) is 41.9 Å². The van der Waals surface area contributed by atoms with E-state index in [9.17, 15) is 0 Å². The van der Waals surface area contributed by atoms with Crippen LogP contribution in [-0.2, 0) is 5.75 Å². The number of aromatic nitrogens is 2. The number of hydrogen-bond acceptors (Lipinski definition) is 2. The summed E-state index contributed by atoms with van der Waals surface area (Å²) in [4.78, 5) is 3.99. The van der Waals surface area contributed by atoms with Crippen molar-refractivity contribution in [3.05, 3.63) is 48.5 Å². The van der Waals surface area contributed by atoms with Crippen molar-refractivity contribution in [1.29, 1.82) is 0 Å². The molecule has 0 radical (unpaired) electrons. The van der Waals surface area contributed by atoms with Gasteiger partial charge in [-0.2, -0.15) is 12.6 Å². The van der Waals surface area contributed by atoms with Gasteiger partial charge in [-0.15, -0.1) is 0 Å². The molecule has 66 valence electrons. The highest BCUT2D eigenvalue weighted by molar-refractivity contribution is 7.79. The summed E-state index contributed by atoms with van der Waals surface area (Å²) in [5, 5.41) is 0. The average molecular weight is 190 g/mol. The van der Waals surface area contributed by atoms with Crippen LogP contribution in [0.25, 0.3) is 5.69 Å². The Bertz CT molecular complexity index is 364. The normalized spacial score (nSPS) is 10.2. The fourth-order valence-electron chi connectivity index (χ4n) is 1.19. The fourth-order valence-corrected chi connectivity index (χ4v) is 1.40. The van der Waals surface area contributed by atoms with Gasteiger partial charge in [0.15, 0.2) is 0 Å². The minimum atomic E-state index is 0.782. The lowest BCUT2D eigenvalue weighted by Gasteiger charge is -2.02. The van der Waals surface area contributed by atoms with Crippen LogP contribution in [0.2, 0.25) is 0 Å². The van der Waals surface area contributed by atoms with Crippen LogP contribution in [0.15, 0.2) is 43.0 Å². The van der Waals surface area contributed by atoms with Crippen LogP contribution in [0, 0.1) is 0 Å². The molecule has 0 saturated carbocycles. The van der Waals surface area contributed by atoms with Crippen LogP contribution in [0.3, 0.4) is 0 Å². The standard InChI is InChI=1S/C10H10N2S/c13-7-9-1-3-10(4-2-9)12-6-5-11-8-12/h1-6,8,13H,7H2. The third-order valence-electron chi connectivity index (χ3n) is 1.92. The third kappa shape index (κ3) is 1.75. The molecule has 0 saturated heterocycles. The van der Waals surface area contributed by atoms with E-state index < -0.39 is 0 Å². The van der Waals surface area contributed by atoms with Gasteiger partial charge in [0.2, 0.25) is 0 Å². The second-order valence-corrected chi connectivity index (χ2v) is 3.11. The predicted octanol–water partition coefficient (Wildman–Crippen LogP) is 2.30. The van der Waals surface area contributed by atoms with Crippen molar-refractivity contribution in [3.8, 4) is 5.69 Å². The van der Waals surface area contributed by atoms with E-state index in [1.807, 2.05) is 10.8 Å². The number of thiol groups is 1. The molecule has 2 aromatic rings. The fraction of sp³-hybridized carbons (Fsp3) is 0.100. The summed E-state index contributed by atoms with van der Waals surface area (Å²) in [6.45, 7) is 0. The van der Waals surface area contributed by atoms with Gasteiger partial charge in [-0.25, -0.2) is 4.98 Å². The van der Waals surface area contributed by atoms with Crippen molar-refractivity contribution >= 4 is 12.6 Å². The number of rotatable bonds is 2. The Morgan fingerprint density at radius 3 is 2.54 bits per heavy atom. The Hall–Kier alpha value is -1.22. The largest absolute Gasteiger partial charge is 0.306 e. The van der Waals surface area contributed by atoms with Crippen molar-refractivity contribution in [1.82, 2.24) is 9.55 Å². The molecule has 0 bridgehead atoms. The molecule has 0 aliphatic heterocycles. The molecule has 0 atom stereocenters. The van der Waals surface area contributed by atoms with Crippen molar-refractivity contribution < 1.29 is 0 Å². The quantitative estimate of drug-likeness (QED) is 0.719. The summed E-state index contributed by atoms with van der Waals surface area (Å²) in [5.74, 6) is 0.782. The van der Waals surface area contributed by atoms with Gasteiger partial charge in [0.1, 0.15) is 0 Å². The van der Waals surface area contributed by atoms with E-state index in [1.54, 1.807) is 12.5 Å². The smallest absolute Gasteiger partial charge is 0.0991 e. The van der Waals surface area contributed by atoms with Crippen LogP contribution in [0.5, 0.6) is 0 Å². The molecule has 1 aromatic heterocycles. The Labute approximate surface area is 82.6 Å². The highest BCUT2D eigenvalue weighted by Crippen LogP contribution is 2.10. The number of hydrogen-bond donors (Lipinski definition) is 1. The Kier molecular flexibility index (Phi) is 2.36. The van der Waals surface area contributed by atoms with Crippen LogP contribution in [-0.4, -0.2) is 9.55 Å². The van der Waals surface area contributed by atoms with Gasteiger partial charge >= 0.3 is 0 Å². The molecule has 1 heterocycles. The van der Waals surface area contributed by atoms with Crippen molar-refractivity contribution in [2.24, 2.45) is 0 Å². The second-order valence-electron chi connectivity index (χ2n) is 2.79. The molecule has 2 nitrogen and oxygen atoms in total. The molecule has 0 aliphatic rings. The summed E-state index contributed by atoms with van der Waals surface area (Å²) in [6, 6.07) is 8.27. The minimum absolute atomic E-state index is 0.782. The number of imidazole rings is 1. The Balaban J connectivity index is 2.33. The van der Waals surface area contributed by atoms with E-state index in [0.717, 1.165) is 11.4 Å². The molecule has 0 fully saturated rings. The maximum Gasteiger partial charge on any atom is 0.0991 e. The monoisotopic (exact) mass is 190 g/mol. The zero-order valence-electron chi connectivity index (χ0n) is 7.09. The van der Waals surface area contributed by atoms with Crippen LogP contribution < -0.4 is 0 Å².